The molecule has 2 aliphatic heterocycles. The Bertz CT molecular complexity index is 2430. The van der Waals surface area contributed by atoms with E-state index in [2.05, 4.69) is 129 Å². The number of nitrogens with one attached hydrogen (secondary N) is 1. The van der Waals surface area contributed by atoms with Crippen LogP contribution in [-0.2, 0) is 0 Å². The number of hydrogen-bond acceptors (Lipinski definition) is 6. The normalized spacial score (nSPS) is 18.2. The molecule has 52 heavy (non-hydrogen) atoms. The van der Waals surface area contributed by atoms with E-state index < -0.39 is 0 Å². The molecule has 0 radical (unpaired) electrons. The first-order valence-corrected chi connectivity index (χ1v) is 17.9. The average molecular weight is 674 g/mol. The molecule has 0 spiro atoms. The lowest BCUT2D eigenvalue weighted by Crippen LogP contribution is -2.30. The predicted molar refractivity (Wildman–Crippen MR) is 208 cm³/mol. The fraction of sp³-hybridized carbons (Fsp3) is 0.109. The minimum absolute atomic E-state index is 0.203. The number of fused-ring (bicyclic) bond motifs is 5. The number of hydrogen-bond donors (Lipinski definition) is 1. The van der Waals surface area contributed by atoms with E-state index in [1.54, 1.807) is 0 Å². The molecule has 3 aromatic heterocycles. The third kappa shape index (κ3) is 5.31. The highest BCUT2D eigenvalue weighted by atomic mass is 16.5. The van der Waals surface area contributed by atoms with Gasteiger partial charge in [-0.2, -0.15) is 0 Å². The fourth-order valence-corrected chi connectivity index (χ4v) is 8.07. The molecular formula is C46H35N5O. The van der Waals surface area contributed by atoms with Crippen molar-refractivity contribution in [1.29, 1.82) is 0 Å². The van der Waals surface area contributed by atoms with Crippen LogP contribution in [-0.4, -0.2) is 21.0 Å². The van der Waals surface area contributed by atoms with Gasteiger partial charge in [0.15, 0.2) is 12.0 Å². The smallest absolute Gasteiger partial charge is 0.196 e. The molecule has 3 aliphatic rings. The van der Waals surface area contributed by atoms with E-state index in [-0.39, 0.29) is 12.1 Å². The van der Waals surface area contributed by atoms with Crippen molar-refractivity contribution < 1.29 is 4.74 Å². The van der Waals surface area contributed by atoms with Crippen molar-refractivity contribution in [2.75, 3.05) is 10.2 Å². The molecule has 0 saturated heterocycles. The standard InChI is InChI=1S/C46H35N5O/c1-2-7-34(8-3-1)46-50-39-17-18-43-44(45(39)52-46)38-11-4-5-12-42(38)51(43)37-10-6-9-35(27-37)41-29-36(28-40(49-41)33-21-25-48-26-22-33)31-15-13-30(14-16-31)32-19-23-47-24-20-32/h1-4,6-11,13-29,38,42,46,50H,5,12H2. The highest BCUT2D eigenvalue weighted by Crippen LogP contribution is 2.57. The molecule has 10 rings (SSSR count). The summed E-state index contributed by atoms with van der Waals surface area (Å²) in [4.78, 5) is 16.2. The maximum Gasteiger partial charge on any atom is 0.196 e. The molecule has 3 atom stereocenters. The van der Waals surface area contributed by atoms with Gasteiger partial charge in [-0.25, -0.2) is 4.98 Å². The zero-order valence-corrected chi connectivity index (χ0v) is 28.4. The van der Waals surface area contributed by atoms with Crippen LogP contribution in [0.25, 0.3) is 44.8 Å². The molecule has 0 fully saturated rings. The van der Waals surface area contributed by atoms with E-state index in [0.29, 0.717) is 6.04 Å². The third-order valence-corrected chi connectivity index (χ3v) is 10.6. The molecule has 1 aliphatic carbocycles. The Kier molecular flexibility index (Phi) is 7.38. The van der Waals surface area contributed by atoms with Crippen LogP contribution < -0.4 is 15.0 Å². The number of nitrogens with zero attached hydrogens (tertiary/aromatic N) is 4. The topological polar surface area (TPSA) is 63.2 Å². The summed E-state index contributed by atoms with van der Waals surface area (Å²) < 4.78 is 6.72. The van der Waals surface area contributed by atoms with Gasteiger partial charge in [0.1, 0.15) is 0 Å². The second-order valence-corrected chi connectivity index (χ2v) is 13.6. The second-order valence-electron chi connectivity index (χ2n) is 13.6. The van der Waals surface area contributed by atoms with Crippen molar-refractivity contribution in [1.82, 2.24) is 15.0 Å². The summed E-state index contributed by atoms with van der Waals surface area (Å²) in [5.74, 6) is 1.21. The maximum atomic E-state index is 6.72. The van der Waals surface area contributed by atoms with Crippen molar-refractivity contribution in [2.45, 2.75) is 31.0 Å². The Labute approximate surface area is 303 Å². The summed E-state index contributed by atoms with van der Waals surface area (Å²) in [6.45, 7) is 0. The molecule has 7 aromatic rings. The first kappa shape index (κ1) is 30.3. The molecule has 5 heterocycles. The second kappa shape index (κ2) is 12.7. The largest absolute Gasteiger partial charge is 0.464 e. The lowest BCUT2D eigenvalue weighted by Gasteiger charge is -2.31. The van der Waals surface area contributed by atoms with Gasteiger partial charge >= 0.3 is 0 Å². The number of pyridine rings is 3. The SMILES string of the molecule is C1=CC2c3c(ccc4c3OC(c3ccccc3)N4)N(c3cccc(-c4cc(-c5ccc(-c6ccncc6)cc5)cc(-c5ccncc5)n4)c3)C2CC1. The number of anilines is 3. The van der Waals surface area contributed by atoms with Gasteiger partial charge in [0, 0.05) is 70.4 Å². The summed E-state index contributed by atoms with van der Waals surface area (Å²) in [7, 11) is 0. The fourth-order valence-electron chi connectivity index (χ4n) is 8.07. The summed E-state index contributed by atoms with van der Waals surface area (Å²) in [5.41, 5.74) is 14.3. The van der Waals surface area contributed by atoms with Gasteiger partial charge in [0.25, 0.3) is 0 Å². The van der Waals surface area contributed by atoms with Crippen LogP contribution in [0.4, 0.5) is 17.1 Å². The van der Waals surface area contributed by atoms with Gasteiger partial charge in [-0.15, -0.1) is 0 Å². The zero-order chi connectivity index (χ0) is 34.4. The van der Waals surface area contributed by atoms with Gasteiger partial charge in [-0.1, -0.05) is 78.9 Å². The van der Waals surface area contributed by atoms with E-state index in [1.165, 1.54) is 11.3 Å². The van der Waals surface area contributed by atoms with Crippen LogP contribution in [0.5, 0.6) is 5.75 Å². The number of rotatable bonds is 6. The van der Waals surface area contributed by atoms with Crippen LogP contribution in [0.1, 0.15) is 36.1 Å². The van der Waals surface area contributed by atoms with Crippen LogP contribution >= 0.6 is 0 Å². The Balaban J connectivity index is 1.05. The third-order valence-electron chi connectivity index (χ3n) is 10.6. The van der Waals surface area contributed by atoms with Gasteiger partial charge in [-0.3, -0.25) is 9.97 Å². The molecule has 3 unspecified atom stereocenters. The molecule has 0 saturated carbocycles. The van der Waals surface area contributed by atoms with E-state index in [9.17, 15) is 0 Å². The number of allylic oxidation sites excluding steroid dienone is 1. The van der Waals surface area contributed by atoms with E-state index in [4.69, 9.17) is 9.72 Å². The van der Waals surface area contributed by atoms with Crippen molar-refractivity contribution >= 4 is 17.1 Å². The molecule has 0 bridgehead atoms. The molecule has 250 valence electrons. The van der Waals surface area contributed by atoms with Gasteiger partial charge in [0.05, 0.1) is 17.1 Å². The van der Waals surface area contributed by atoms with E-state index in [0.717, 1.165) is 80.3 Å². The van der Waals surface area contributed by atoms with Crippen LogP contribution in [0.3, 0.4) is 0 Å². The lowest BCUT2D eigenvalue weighted by molar-refractivity contribution is 0.257. The Morgan fingerprint density at radius 3 is 2.08 bits per heavy atom. The Morgan fingerprint density at radius 1 is 0.615 bits per heavy atom. The predicted octanol–water partition coefficient (Wildman–Crippen LogP) is 11.0. The molecular weight excluding hydrogens is 639 g/mol. The first-order valence-electron chi connectivity index (χ1n) is 17.9. The Hall–Kier alpha value is -6.53. The van der Waals surface area contributed by atoms with Crippen LogP contribution in [0.15, 0.2) is 164 Å². The quantitative estimate of drug-likeness (QED) is 0.177. The molecule has 4 aromatic carbocycles. The minimum Gasteiger partial charge on any atom is -0.464 e. The summed E-state index contributed by atoms with van der Waals surface area (Å²) >= 11 is 0. The molecule has 0 amide bonds. The maximum absolute atomic E-state index is 6.72. The summed E-state index contributed by atoms with van der Waals surface area (Å²) in [6.07, 6.45) is 14.0. The average Bonchev–Trinajstić information content (AvgIpc) is 3.82. The van der Waals surface area contributed by atoms with E-state index in [1.807, 2.05) is 55.1 Å². The van der Waals surface area contributed by atoms with Gasteiger partial charge in [-0.05, 0) is 95.8 Å². The number of ether oxygens (including phenoxy) is 1. The summed E-state index contributed by atoms with van der Waals surface area (Å²) in [6, 6.07) is 45.3. The van der Waals surface area contributed by atoms with Crippen LogP contribution in [0, 0.1) is 0 Å². The van der Waals surface area contributed by atoms with Crippen molar-refractivity contribution in [3.63, 3.8) is 0 Å². The molecule has 1 N–H and O–H groups in total. The number of benzene rings is 4. The minimum atomic E-state index is -0.203. The van der Waals surface area contributed by atoms with Gasteiger partial charge < -0.3 is 15.0 Å². The van der Waals surface area contributed by atoms with Crippen molar-refractivity contribution in [3.8, 4) is 50.5 Å². The Morgan fingerprint density at radius 2 is 1.31 bits per heavy atom. The van der Waals surface area contributed by atoms with Crippen molar-refractivity contribution in [2.24, 2.45) is 0 Å². The summed E-state index contributed by atoms with van der Waals surface area (Å²) in [5, 5.41) is 3.63. The van der Waals surface area contributed by atoms with E-state index >= 15 is 0 Å². The highest BCUT2D eigenvalue weighted by Gasteiger charge is 2.43. The van der Waals surface area contributed by atoms with Crippen molar-refractivity contribution in [3.05, 3.63) is 175 Å². The highest BCUT2D eigenvalue weighted by molar-refractivity contribution is 5.84. The number of aromatic nitrogens is 3. The van der Waals surface area contributed by atoms with Gasteiger partial charge in [0.2, 0.25) is 0 Å². The lowest BCUT2D eigenvalue weighted by atomic mass is 9.87. The first-order chi connectivity index (χ1) is 25.8. The molecule has 6 heteroatoms. The van der Waals surface area contributed by atoms with Crippen LogP contribution in [0.2, 0.25) is 0 Å². The zero-order valence-electron chi connectivity index (χ0n) is 28.4. The monoisotopic (exact) mass is 673 g/mol. The molecule has 6 nitrogen and oxygen atoms in total.